The molecule has 24 heavy (non-hydrogen) atoms. The van der Waals surface area contributed by atoms with Crippen LogP contribution in [0.1, 0.15) is 20.9 Å². The van der Waals surface area contributed by atoms with E-state index in [1.165, 1.54) is 6.26 Å². The number of amides is 2. The zero-order valence-corrected chi connectivity index (χ0v) is 13.0. The molecule has 4 heterocycles. The fraction of sp³-hybridized carbons (Fsp3) is 0.235. The Kier molecular flexibility index (Phi) is 3.53. The van der Waals surface area contributed by atoms with Gasteiger partial charge in [0.1, 0.15) is 5.65 Å². The lowest BCUT2D eigenvalue weighted by Gasteiger charge is -2.34. The normalized spacial score (nSPS) is 15.0. The van der Waals surface area contributed by atoms with Gasteiger partial charge in [0, 0.05) is 44.8 Å². The Morgan fingerprint density at radius 1 is 1.00 bits per heavy atom. The summed E-state index contributed by atoms with van der Waals surface area (Å²) in [6.45, 7) is 2.01. The topological polar surface area (TPSA) is 71.1 Å². The Labute approximate surface area is 138 Å². The molecule has 0 radical (unpaired) electrons. The minimum absolute atomic E-state index is 0.0318. The lowest BCUT2D eigenvalue weighted by molar-refractivity contribution is 0.0518. The third-order valence-corrected chi connectivity index (χ3v) is 4.22. The highest BCUT2D eigenvalue weighted by Gasteiger charge is 2.26. The van der Waals surface area contributed by atoms with E-state index in [2.05, 4.69) is 4.98 Å². The molecule has 1 fully saturated rings. The van der Waals surface area contributed by atoms with Crippen LogP contribution in [-0.4, -0.2) is 57.2 Å². The van der Waals surface area contributed by atoms with Gasteiger partial charge in [-0.1, -0.05) is 0 Å². The summed E-state index contributed by atoms with van der Waals surface area (Å²) in [6.07, 6.45) is 6.78. The molecule has 0 atom stereocenters. The Morgan fingerprint density at radius 2 is 1.75 bits per heavy atom. The standard InChI is InChI=1S/C17H16N4O3/c22-16(13-3-4-15-18-5-6-21(15)12-13)19-7-9-20(10-8-19)17(23)14-2-1-11-24-14/h1-6,11-12H,7-10H2. The summed E-state index contributed by atoms with van der Waals surface area (Å²) in [5.74, 6) is 0.169. The van der Waals surface area contributed by atoms with Gasteiger partial charge >= 0.3 is 0 Å². The second-order valence-electron chi connectivity index (χ2n) is 5.67. The number of hydrogen-bond acceptors (Lipinski definition) is 4. The van der Waals surface area contributed by atoms with Gasteiger partial charge in [0.15, 0.2) is 5.76 Å². The van der Waals surface area contributed by atoms with Gasteiger partial charge in [-0.2, -0.15) is 0 Å². The number of rotatable bonds is 2. The van der Waals surface area contributed by atoms with Crippen molar-refractivity contribution in [2.24, 2.45) is 0 Å². The number of aromatic nitrogens is 2. The van der Waals surface area contributed by atoms with E-state index in [0.717, 1.165) is 5.65 Å². The first-order valence-electron chi connectivity index (χ1n) is 7.77. The highest BCUT2D eigenvalue weighted by molar-refractivity contribution is 5.95. The molecule has 2 amide bonds. The predicted molar refractivity (Wildman–Crippen MR) is 85.7 cm³/mol. The van der Waals surface area contributed by atoms with Gasteiger partial charge in [0.05, 0.1) is 11.8 Å². The van der Waals surface area contributed by atoms with E-state index >= 15 is 0 Å². The van der Waals surface area contributed by atoms with Crippen molar-refractivity contribution in [3.63, 3.8) is 0 Å². The summed E-state index contributed by atoms with van der Waals surface area (Å²) in [7, 11) is 0. The molecule has 3 aromatic heterocycles. The van der Waals surface area contributed by atoms with E-state index in [1.807, 2.05) is 16.7 Å². The van der Waals surface area contributed by atoms with Crippen molar-refractivity contribution in [2.45, 2.75) is 0 Å². The number of carbonyl (C=O) groups excluding carboxylic acids is 2. The van der Waals surface area contributed by atoms with Crippen molar-refractivity contribution in [1.82, 2.24) is 19.2 Å². The maximum Gasteiger partial charge on any atom is 0.289 e. The second kappa shape index (κ2) is 5.84. The van der Waals surface area contributed by atoms with Crippen LogP contribution in [0.2, 0.25) is 0 Å². The molecule has 0 N–H and O–H groups in total. The van der Waals surface area contributed by atoms with Crippen molar-refractivity contribution < 1.29 is 14.0 Å². The van der Waals surface area contributed by atoms with Crippen LogP contribution in [0.4, 0.5) is 0 Å². The molecule has 1 aliphatic heterocycles. The molecule has 4 rings (SSSR count). The number of piperazine rings is 1. The quantitative estimate of drug-likeness (QED) is 0.717. The largest absolute Gasteiger partial charge is 0.459 e. The summed E-state index contributed by atoms with van der Waals surface area (Å²) >= 11 is 0. The Morgan fingerprint density at radius 3 is 2.46 bits per heavy atom. The van der Waals surface area contributed by atoms with Crippen molar-refractivity contribution >= 4 is 17.5 Å². The van der Waals surface area contributed by atoms with Crippen molar-refractivity contribution in [3.05, 3.63) is 60.4 Å². The van der Waals surface area contributed by atoms with Gasteiger partial charge in [-0.25, -0.2) is 4.98 Å². The lowest BCUT2D eigenvalue weighted by Crippen LogP contribution is -2.50. The Bertz CT molecular complexity index is 876. The average molecular weight is 324 g/mol. The first-order chi connectivity index (χ1) is 11.7. The van der Waals surface area contributed by atoms with Crippen LogP contribution >= 0.6 is 0 Å². The van der Waals surface area contributed by atoms with Gasteiger partial charge < -0.3 is 18.6 Å². The highest BCUT2D eigenvalue weighted by atomic mass is 16.3. The number of pyridine rings is 1. The Balaban J connectivity index is 1.43. The first-order valence-corrected chi connectivity index (χ1v) is 7.77. The number of furan rings is 1. The van der Waals surface area contributed by atoms with Crippen LogP contribution < -0.4 is 0 Å². The van der Waals surface area contributed by atoms with Crippen LogP contribution in [0, 0.1) is 0 Å². The molecule has 1 aliphatic rings. The van der Waals surface area contributed by atoms with Crippen molar-refractivity contribution in [3.8, 4) is 0 Å². The minimum Gasteiger partial charge on any atom is -0.459 e. The molecule has 0 bridgehead atoms. The van der Waals surface area contributed by atoms with Crippen LogP contribution in [-0.2, 0) is 0 Å². The second-order valence-corrected chi connectivity index (χ2v) is 5.67. The molecule has 0 aliphatic carbocycles. The summed E-state index contributed by atoms with van der Waals surface area (Å²) in [5.41, 5.74) is 1.42. The fourth-order valence-corrected chi connectivity index (χ4v) is 2.90. The summed E-state index contributed by atoms with van der Waals surface area (Å²) < 4.78 is 6.97. The molecule has 0 aromatic carbocycles. The zero-order valence-electron chi connectivity index (χ0n) is 13.0. The number of nitrogens with zero attached hydrogens (tertiary/aromatic N) is 4. The molecule has 0 spiro atoms. The summed E-state index contributed by atoms with van der Waals surface area (Å²) in [4.78, 5) is 32.5. The third kappa shape index (κ3) is 2.54. The van der Waals surface area contributed by atoms with Gasteiger partial charge in [0.25, 0.3) is 11.8 Å². The minimum atomic E-state index is -0.132. The molecule has 1 saturated heterocycles. The SMILES string of the molecule is O=C(c1ccc2nccn2c1)N1CCN(C(=O)c2ccco2)CC1. The zero-order chi connectivity index (χ0) is 16.5. The monoisotopic (exact) mass is 324 g/mol. The van der Waals surface area contributed by atoms with E-state index in [4.69, 9.17) is 4.42 Å². The van der Waals surface area contributed by atoms with Gasteiger partial charge in [-0.05, 0) is 24.3 Å². The molecule has 122 valence electrons. The third-order valence-electron chi connectivity index (χ3n) is 4.22. The smallest absolute Gasteiger partial charge is 0.289 e. The highest BCUT2D eigenvalue weighted by Crippen LogP contribution is 2.13. The summed E-state index contributed by atoms with van der Waals surface area (Å²) in [6, 6.07) is 6.95. The van der Waals surface area contributed by atoms with Gasteiger partial charge in [-0.3, -0.25) is 9.59 Å². The molecule has 3 aromatic rings. The van der Waals surface area contributed by atoms with Crippen molar-refractivity contribution in [1.29, 1.82) is 0 Å². The lowest BCUT2D eigenvalue weighted by atomic mass is 10.2. The average Bonchev–Trinajstić information content (AvgIpc) is 3.31. The predicted octanol–water partition coefficient (Wildman–Crippen LogP) is 1.53. The van der Waals surface area contributed by atoms with Gasteiger partial charge in [-0.15, -0.1) is 0 Å². The van der Waals surface area contributed by atoms with Crippen molar-refractivity contribution in [2.75, 3.05) is 26.2 Å². The molecule has 7 heteroatoms. The van der Waals surface area contributed by atoms with Crippen LogP contribution in [0.3, 0.4) is 0 Å². The molecule has 7 nitrogen and oxygen atoms in total. The molecular weight excluding hydrogens is 308 g/mol. The number of imidazole rings is 1. The van der Waals surface area contributed by atoms with Gasteiger partial charge in [0.2, 0.25) is 0 Å². The number of fused-ring (bicyclic) bond motifs is 1. The van der Waals surface area contributed by atoms with E-state index in [9.17, 15) is 9.59 Å². The van der Waals surface area contributed by atoms with Crippen LogP contribution in [0.15, 0.2) is 53.5 Å². The number of carbonyl (C=O) groups is 2. The Hall–Kier alpha value is -3.09. The molecule has 0 unspecified atom stereocenters. The first kappa shape index (κ1) is 14.5. The fourth-order valence-electron chi connectivity index (χ4n) is 2.90. The van der Waals surface area contributed by atoms with Crippen LogP contribution in [0.25, 0.3) is 5.65 Å². The summed E-state index contributed by atoms with van der Waals surface area (Å²) in [5, 5.41) is 0. The molecule has 0 saturated carbocycles. The van der Waals surface area contributed by atoms with E-state index in [0.29, 0.717) is 37.5 Å². The maximum atomic E-state index is 12.6. The number of hydrogen-bond donors (Lipinski definition) is 0. The van der Waals surface area contributed by atoms with Crippen LogP contribution in [0.5, 0.6) is 0 Å². The van der Waals surface area contributed by atoms with E-state index in [-0.39, 0.29) is 11.8 Å². The molecular formula is C17H16N4O3. The van der Waals surface area contributed by atoms with E-state index in [1.54, 1.807) is 40.4 Å². The maximum absolute atomic E-state index is 12.6. The van der Waals surface area contributed by atoms with E-state index < -0.39 is 0 Å².